The molecule has 128 valence electrons. The second kappa shape index (κ2) is 6.37. The Labute approximate surface area is 143 Å². The summed E-state index contributed by atoms with van der Waals surface area (Å²) < 4.78 is 51.9. The number of nitrogens with zero attached hydrogens (tertiary/aromatic N) is 2. The van der Waals surface area contributed by atoms with E-state index in [9.17, 15) is 17.2 Å². The summed E-state index contributed by atoms with van der Waals surface area (Å²) in [5, 5.41) is 7.65. The van der Waals surface area contributed by atoms with Crippen LogP contribution in [0.4, 0.5) is 8.78 Å². The van der Waals surface area contributed by atoms with E-state index in [0.29, 0.717) is 24.1 Å². The van der Waals surface area contributed by atoms with Crippen LogP contribution in [-0.4, -0.2) is 30.1 Å². The zero-order valence-corrected chi connectivity index (χ0v) is 14.5. The highest BCUT2D eigenvalue weighted by molar-refractivity contribution is 7.91. The highest BCUT2D eigenvalue weighted by atomic mass is 35.5. The van der Waals surface area contributed by atoms with Gasteiger partial charge in [-0.15, -0.1) is 5.10 Å². The Morgan fingerprint density at radius 1 is 1.08 bits per heavy atom. The van der Waals surface area contributed by atoms with Crippen molar-refractivity contribution in [1.29, 1.82) is 0 Å². The van der Waals surface area contributed by atoms with Gasteiger partial charge >= 0.3 is 0 Å². The Kier molecular flexibility index (Phi) is 4.57. The lowest BCUT2D eigenvalue weighted by molar-refractivity contribution is 0.546. The van der Waals surface area contributed by atoms with Crippen LogP contribution in [0.1, 0.15) is 30.0 Å². The van der Waals surface area contributed by atoms with E-state index in [-0.39, 0.29) is 33.7 Å². The molecule has 0 saturated carbocycles. The van der Waals surface area contributed by atoms with Crippen LogP contribution in [0.3, 0.4) is 0 Å². The second-order valence-electron chi connectivity index (χ2n) is 5.89. The predicted octanol–water partition coefficient (Wildman–Crippen LogP) is 3.68. The SMILES string of the molecule is Cc1nnc(Cl)c(-c2c(F)cccc2F)c1C1CCS(=O)(=O)CC1. The Balaban J connectivity index is 2.19. The molecule has 24 heavy (non-hydrogen) atoms. The summed E-state index contributed by atoms with van der Waals surface area (Å²) in [4.78, 5) is 0. The normalized spacial score (nSPS) is 17.8. The van der Waals surface area contributed by atoms with E-state index in [1.54, 1.807) is 6.92 Å². The number of hydrogen-bond donors (Lipinski definition) is 0. The molecule has 3 rings (SSSR count). The zero-order valence-electron chi connectivity index (χ0n) is 12.9. The van der Waals surface area contributed by atoms with Gasteiger partial charge in [0.25, 0.3) is 0 Å². The lowest BCUT2D eigenvalue weighted by atomic mass is 9.86. The molecule has 1 fully saturated rings. The molecule has 0 bridgehead atoms. The van der Waals surface area contributed by atoms with Gasteiger partial charge in [0.05, 0.1) is 22.8 Å². The van der Waals surface area contributed by atoms with Crippen LogP contribution in [-0.2, 0) is 9.84 Å². The maximum absolute atomic E-state index is 14.3. The van der Waals surface area contributed by atoms with Crippen LogP contribution < -0.4 is 0 Å². The van der Waals surface area contributed by atoms with Crippen LogP contribution in [0.5, 0.6) is 0 Å². The van der Waals surface area contributed by atoms with Crippen molar-refractivity contribution in [2.75, 3.05) is 11.5 Å². The third kappa shape index (κ3) is 3.15. The van der Waals surface area contributed by atoms with Crippen molar-refractivity contribution in [3.05, 3.63) is 46.2 Å². The maximum atomic E-state index is 14.3. The minimum Gasteiger partial charge on any atom is -0.229 e. The minimum absolute atomic E-state index is 0.0379. The van der Waals surface area contributed by atoms with Gasteiger partial charge in [0, 0.05) is 5.56 Å². The van der Waals surface area contributed by atoms with E-state index >= 15 is 0 Å². The van der Waals surface area contributed by atoms with Crippen LogP contribution >= 0.6 is 11.6 Å². The summed E-state index contributed by atoms with van der Waals surface area (Å²) >= 11 is 6.13. The molecule has 4 nitrogen and oxygen atoms in total. The standard InChI is InChI=1S/C16H15ClF2N2O2S/c1-9-13(10-5-7-24(22,23)8-6-10)15(16(17)21-20-9)14-11(18)3-2-4-12(14)19/h2-4,10H,5-8H2,1H3. The van der Waals surface area contributed by atoms with Crippen LogP contribution in [0.25, 0.3) is 11.1 Å². The number of benzene rings is 1. The van der Waals surface area contributed by atoms with Crippen molar-refractivity contribution in [1.82, 2.24) is 10.2 Å². The van der Waals surface area contributed by atoms with Gasteiger partial charge in [0.1, 0.15) is 21.5 Å². The molecule has 0 N–H and O–H groups in total. The van der Waals surface area contributed by atoms with Crippen molar-refractivity contribution in [2.45, 2.75) is 25.7 Å². The topological polar surface area (TPSA) is 59.9 Å². The van der Waals surface area contributed by atoms with Crippen LogP contribution in [0, 0.1) is 18.6 Å². The summed E-state index contributed by atoms with van der Waals surface area (Å²) in [5.41, 5.74) is 1.00. The first kappa shape index (κ1) is 17.2. The fourth-order valence-electron chi connectivity index (χ4n) is 3.17. The van der Waals surface area contributed by atoms with Crippen molar-refractivity contribution >= 4 is 21.4 Å². The van der Waals surface area contributed by atoms with Gasteiger partial charge in [-0.3, -0.25) is 0 Å². The van der Waals surface area contributed by atoms with E-state index < -0.39 is 21.5 Å². The highest BCUT2D eigenvalue weighted by Crippen LogP contribution is 2.41. The Morgan fingerprint density at radius 2 is 1.67 bits per heavy atom. The molecule has 1 aliphatic rings. The number of aromatic nitrogens is 2. The molecule has 8 heteroatoms. The average Bonchev–Trinajstić information content (AvgIpc) is 2.51. The molecule has 1 aromatic carbocycles. The lowest BCUT2D eigenvalue weighted by Crippen LogP contribution is -2.23. The Morgan fingerprint density at radius 3 is 2.25 bits per heavy atom. The first-order valence-electron chi connectivity index (χ1n) is 7.47. The first-order chi connectivity index (χ1) is 11.3. The molecule has 0 aliphatic carbocycles. The molecule has 0 atom stereocenters. The summed E-state index contributed by atoms with van der Waals surface area (Å²) in [6, 6.07) is 3.58. The molecule has 0 radical (unpaired) electrons. The minimum atomic E-state index is -3.06. The van der Waals surface area contributed by atoms with Crippen molar-refractivity contribution < 1.29 is 17.2 Å². The zero-order chi connectivity index (χ0) is 17.5. The van der Waals surface area contributed by atoms with Crippen molar-refractivity contribution in [3.8, 4) is 11.1 Å². The Hall–Kier alpha value is -1.60. The second-order valence-corrected chi connectivity index (χ2v) is 8.55. The number of sulfone groups is 1. The van der Waals surface area contributed by atoms with Gasteiger partial charge in [0.2, 0.25) is 0 Å². The molecule has 1 saturated heterocycles. The van der Waals surface area contributed by atoms with Crippen LogP contribution in [0.2, 0.25) is 5.15 Å². The number of rotatable bonds is 2. The summed E-state index contributed by atoms with van der Waals surface area (Å²) in [5.74, 6) is -1.59. The molecule has 0 spiro atoms. The van der Waals surface area contributed by atoms with E-state index in [0.717, 1.165) is 12.1 Å². The van der Waals surface area contributed by atoms with Gasteiger partial charge in [-0.2, -0.15) is 5.10 Å². The van der Waals surface area contributed by atoms with Gasteiger partial charge in [-0.1, -0.05) is 17.7 Å². The third-order valence-electron chi connectivity index (χ3n) is 4.33. The Bertz CT molecular complexity index is 869. The number of halogens is 3. The molecule has 2 heterocycles. The molecule has 1 aromatic heterocycles. The fourth-order valence-corrected chi connectivity index (χ4v) is 4.89. The van der Waals surface area contributed by atoms with E-state index in [2.05, 4.69) is 10.2 Å². The van der Waals surface area contributed by atoms with Crippen LogP contribution in [0.15, 0.2) is 18.2 Å². The predicted molar refractivity (Wildman–Crippen MR) is 87.8 cm³/mol. The molecule has 0 unspecified atom stereocenters. The summed E-state index contributed by atoms with van der Waals surface area (Å²) in [6.45, 7) is 1.68. The van der Waals surface area contributed by atoms with E-state index in [1.807, 2.05) is 0 Å². The largest absolute Gasteiger partial charge is 0.229 e. The van der Waals surface area contributed by atoms with Gasteiger partial charge in [-0.25, -0.2) is 17.2 Å². The monoisotopic (exact) mass is 372 g/mol. The number of hydrogen-bond acceptors (Lipinski definition) is 4. The average molecular weight is 373 g/mol. The summed E-state index contributed by atoms with van der Waals surface area (Å²) in [6.07, 6.45) is 0.739. The molecule has 1 aliphatic heterocycles. The van der Waals surface area contributed by atoms with Gasteiger partial charge in [-0.05, 0) is 43.4 Å². The summed E-state index contributed by atoms with van der Waals surface area (Å²) in [7, 11) is -3.06. The first-order valence-corrected chi connectivity index (χ1v) is 9.67. The number of aryl methyl sites for hydroxylation is 1. The quantitative estimate of drug-likeness (QED) is 0.806. The van der Waals surface area contributed by atoms with Crippen molar-refractivity contribution in [2.24, 2.45) is 0 Å². The molecular weight excluding hydrogens is 358 g/mol. The smallest absolute Gasteiger partial charge is 0.160 e. The lowest BCUT2D eigenvalue weighted by Gasteiger charge is -2.26. The molecule has 2 aromatic rings. The van der Waals surface area contributed by atoms with E-state index in [1.165, 1.54) is 6.07 Å². The van der Waals surface area contributed by atoms with Crippen molar-refractivity contribution in [3.63, 3.8) is 0 Å². The molecular formula is C16H15ClF2N2O2S. The highest BCUT2D eigenvalue weighted by Gasteiger charge is 2.31. The third-order valence-corrected chi connectivity index (χ3v) is 6.31. The van der Waals surface area contributed by atoms with E-state index in [4.69, 9.17) is 11.6 Å². The maximum Gasteiger partial charge on any atom is 0.160 e. The van der Waals surface area contributed by atoms with Gasteiger partial charge < -0.3 is 0 Å². The fraction of sp³-hybridized carbons (Fsp3) is 0.375. The molecule has 0 amide bonds. The van der Waals surface area contributed by atoms with Gasteiger partial charge in [0.15, 0.2) is 5.15 Å².